The Morgan fingerprint density at radius 2 is 1.49 bits per heavy atom. The van der Waals surface area contributed by atoms with Crippen LogP contribution >= 0.6 is 0 Å². The number of anilines is 3. The Morgan fingerprint density at radius 3 is 2.28 bits per heavy atom. The first-order chi connectivity index (χ1) is 27.5. The van der Waals surface area contributed by atoms with Gasteiger partial charge in [-0.15, -0.1) is 0 Å². The molecule has 0 spiro atoms. The molecule has 5 aliphatic carbocycles. The first-order valence-corrected chi connectivity index (χ1v) is 21.0. The van der Waals surface area contributed by atoms with Crippen molar-refractivity contribution in [2.24, 2.45) is 17.3 Å². The van der Waals surface area contributed by atoms with Crippen LogP contribution in [0.25, 0.3) is 22.3 Å². The third kappa shape index (κ3) is 6.06. The van der Waals surface area contributed by atoms with Gasteiger partial charge in [-0.2, -0.15) is 0 Å². The average molecular weight is 742 g/mol. The van der Waals surface area contributed by atoms with Crippen LogP contribution in [0, 0.1) is 17.3 Å². The van der Waals surface area contributed by atoms with Gasteiger partial charge in [-0.1, -0.05) is 181 Å². The van der Waals surface area contributed by atoms with E-state index in [9.17, 15) is 0 Å². The molecule has 4 aromatic carbocycles. The van der Waals surface area contributed by atoms with Crippen molar-refractivity contribution in [2.75, 3.05) is 4.90 Å². The molecule has 0 fully saturated rings. The van der Waals surface area contributed by atoms with Gasteiger partial charge in [-0.3, -0.25) is 0 Å². The molecule has 0 aliphatic heterocycles. The van der Waals surface area contributed by atoms with Gasteiger partial charge in [0.05, 0.1) is 11.4 Å². The topological polar surface area (TPSA) is 3.24 Å². The summed E-state index contributed by atoms with van der Waals surface area (Å²) in [6.45, 7) is 19.0. The van der Waals surface area contributed by atoms with Crippen LogP contribution in [0.3, 0.4) is 0 Å². The fourth-order valence-electron chi connectivity index (χ4n) is 10.2. The molecule has 284 valence electrons. The van der Waals surface area contributed by atoms with E-state index in [1.54, 1.807) is 0 Å². The van der Waals surface area contributed by atoms with Gasteiger partial charge in [0.15, 0.2) is 0 Å². The predicted molar refractivity (Wildman–Crippen MR) is 245 cm³/mol. The van der Waals surface area contributed by atoms with Crippen molar-refractivity contribution in [3.8, 4) is 11.1 Å². The SMILES string of the molecule is C=C(/C=C\C=C/C1(C)C=CC=CC1)C1(C)C2=C(c3c(N(c4ccc5c(c4)C(C)(C)c4ccccc4-5)c4ccccc4C4=CCC(C)C=C4)cccc31)C(C)CC=C2. The lowest BCUT2D eigenvalue weighted by Crippen LogP contribution is -2.24. The number of benzene rings is 4. The van der Waals surface area contributed by atoms with Crippen molar-refractivity contribution in [1.82, 2.24) is 0 Å². The van der Waals surface area contributed by atoms with Crippen LogP contribution < -0.4 is 4.90 Å². The van der Waals surface area contributed by atoms with Crippen molar-refractivity contribution in [3.05, 3.63) is 209 Å². The number of hydrogen-bond donors (Lipinski definition) is 0. The van der Waals surface area contributed by atoms with Crippen LogP contribution in [0.1, 0.15) is 88.6 Å². The van der Waals surface area contributed by atoms with Gasteiger partial charge in [0.2, 0.25) is 0 Å². The normalized spacial score (nSPS) is 25.1. The minimum absolute atomic E-state index is 0.0352. The Kier molecular flexibility index (Phi) is 9.12. The molecule has 1 nitrogen and oxygen atoms in total. The van der Waals surface area contributed by atoms with Crippen LogP contribution in [0.15, 0.2) is 182 Å². The van der Waals surface area contributed by atoms with Gasteiger partial charge in [-0.05, 0) is 112 Å². The van der Waals surface area contributed by atoms with Crippen LogP contribution in [-0.2, 0) is 10.8 Å². The van der Waals surface area contributed by atoms with E-state index in [1.165, 1.54) is 72.7 Å². The summed E-state index contributed by atoms with van der Waals surface area (Å²) in [6.07, 6.45) is 32.8. The second-order valence-corrected chi connectivity index (χ2v) is 17.9. The minimum atomic E-state index is -0.384. The molecular weight excluding hydrogens is 687 g/mol. The summed E-state index contributed by atoms with van der Waals surface area (Å²) in [4.78, 5) is 2.58. The van der Waals surface area contributed by atoms with E-state index < -0.39 is 0 Å². The summed E-state index contributed by atoms with van der Waals surface area (Å²) >= 11 is 0. The molecule has 1 heteroatoms. The van der Waals surface area contributed by atoms with Crippen LogP contribution in [0.5, 0.6) is 0 Å². The predicted octanol–water partition coefficient (Wildman–Crippen LogP) is 15.3. The van der Waals surface area contributed by atoms with Gasteiger partial charge in [0.1, 0.15) is 0 Å². The maximum absolute atomic E-state index is 4.83. The van der Waals surface area contributed by atoms with E-state index in [1.807, 2.05) is 0 Å². The van der Waals surface area contributed by atoms with Crippen molar-refractivity contribution in [3.63, 3.8) is 0 Å². The van der Waals surface area contributed by atoms with E-state index >= 15 is 0 Å². The second-order valence-electron chi connectivity index (χ2n) is 17.9. The maximum atomic E-state index is 4.83. The van der Waals surface area contributed by atoms with Crippen molar-refractivity contribution in [1.29, 1.82) is 0 Å². The lowest BCUT2D eigenvalue weighted by atomic mass is 9.72. The second kappa shape index (κ2) is 14.1. The lowest BCUT2D eigenvalue weighted by Gasteiger charge is -2.33. The maximum Gasteiger partial charge on any atom is 0.0540 e. The molecule has 0 radical (unpaired) electrons. The molecule has 0 heterocycles. The van der Waals surface area contributed by atoms with Crippen molar-refractivity contribution >= 4 is 28.2 Å². The fraction of sp³-hybridized carbons (Fsp3) is 0.250. The number of nitrogens with zero attached hydrogens (tertiary/aromatic N) is 1. The molecule has 0 amide bonds. The summed E-state index contributed by atoms with van der Waals surface area (Å²) in [5.41, 5.74) is 17.7. The zero-order valence-corrected chi connectivity index (χ0v) is 34.5. The molecule has 57 heavy (non-hydrogen) atoms. The summed E-state index contributed by atoms with van der Waals surface area (Å²) < 4.78 is 0. The first kappa shape index (κ1) is 36.9. The van der Waals surface area contributed by atoms with Gasteiger partial charge >= 0.3 is 0 Å². The van der Waals surface area contributed by atoms with Crippen LogP contribution in [0.4, 0.5) is 17.1 Å². The quantitative estimate of drug-likeness (QED) is 0.163. The first-order valence-electron chi connectivity index (χ1n) is 21.0. The summed E-state index contributed by atoms with van der Waals surface area (Å²) in [5.74, 6) is 0.909. The standard InChI is InChI=1S/C56H55N/c1-38-28-30-41(31-29-38)43-21-10-12-26-50(43)57(42-32-33-45-44-22-9-11-23-46(44)54(4,5)49(45)37-42)51-27-18-25-48-53(51)52-39(2)19-17-24-47(52)56(48,7)40(3)20-13-16-36-55(6)34-14-8-15-35-55/h8-18,20-28,30-34,36-39H,3,19,29,35H2,1-2,4-7H3/b20-13-,36-16-. The molecule has 0 N–H and O–H groups in total. The highest BCUT2D eigenvalue weighted by Crippen LogP contribution is 2.59. The number of allylic oxidation sites excluding steroid dienone is 17. The summed E-state index contributed by atoms with van der Waals surface area (Å²) in [6, 6.07) is 32.2. The monoisotopic (exact) mass is 741 g/mol. The Morgan fingerprint density at radius 1 is 0.737 bits per heavy atom. The molecule has 5 aliphatic rings. The Balaban J connectivity index is 1.23. The molecule has 0 aromatic heterocycles. The van der Waals surface area contributed by atoms with Gasteiger partial charge < -0.3 is 4.90 Å². The van der Waals surface area contributed by atoms with E-state index in [4.69, 9.17) is 6.58 Å². The fourth-order valence-corrected chi connectivity index (χ4v) is 10.2. The van der Waals surface area contributed by atoms with Gasteiger partial charge in [-0.25, -0.2) is 0 Å². The van der Waals surface area contributed by atoms with Crippen LogP contribution in [0.2, 0.25) is 0 Å². The molecule has 4 aromatic rings. The minimum Gasteiger partial charge on any atom is -0.309 e. The molecule has 4 atom stereocenters. The van der Waals surface area contributed by atoms with Crippen LogP contribution in [-0.4, -0.2) is 0 Å². The Bertz CT molecular complexity index is 2550. The van der Waals surface area contributed by atoms with Crippen molar-refractivity contribution in [2.45, 2.75) is 71.6 Å². The van der Waals surface area contributed by atoms with Crippen molar-refractivity contribution < 1.29 is 0 Å². The van der Waals surface area contributed by atoms with E-state index in [2.05, 4.69) is 210 Å². The zero-order valence-electron chi connectivity index (χ0n) is 34.5. The van der Waals surface area contributed by atoms with E-state index in [-0.39, 0.29) is 16.2 Å². The third-order valence-corrected chi connectivity index (χ3v) is 13.6. The average Bonchev–Trinajstić information content (AvgIpc) is 3.63. The Hall–Kier alpha value is -5.66. The Labute approximate surface area is 341 Å². The van der Waals surface area contributed by atoms with Gasteiger partial charge in [0.25, 0.3) is 0 Å². The highest BCUT2D eigenvalue weighted by atomic mass is 15.1. The highest BCUT2D eigenvalue weighted by Gasteiger charge is 2.46. The number of fused-ring (bicyclic) bond motifs is 5. The lowest BCUT2D eigenvalue weighted by molar-refractivity contribution is 0.556. The number of para-hydroxylation sites is 1. The zero-order chi connectivity index (χ0) is 39.5. The highest BCUT2D eigenvalue weighted by molar-refractivity contribution is 5.98. The molecule has 9 rings (SSSR count). The molecule has 4 unspecified atom stereocenters. The number of rotatable bonds is 8. The molecular formula is C56H55N. The molecule has 0 saturated carbocycles. The smallest absolute Gasteiger partial charge is 0.0540 e. The van der Waals surface area contributed by atoms with Gasteiger partial charge in [0, 0.05) is 33.1 Å². The largest absolute Gasteiger partial charge is 0.309 e. The van der Waals surface area contributed by atoms with E-state index in [0.717, 1.165) is 24.8 Å². The molecule has 0 bridgehead atoms. The summed E-state index contributed by atoms with van der Waals surface area (Å²) in [5, 5.41) is 0. The molecule has 0 saturated heterocycles. The number of hydrogen-bond acceptors (Lipinski definition) is 1. The summed E-state index contributed by atoms with van der Waals surface area (Å²) in [7, 11) is 0. The van der Waals surface area contributed by atoms with E-state index in [0.29, 0.717) is 11.8 Å². The third-order valence-electron chi connectivity index (χ3n) is 13.6.